The molecule has 3 N–H and O–H groups in total. The molecular weight excluding hydrogens is 273 g/mol. The number of benzene rings is 1. The number of halogens is 1. The molecule has 0 amide bonds. The Hall–Kier alpha value is -2.76. The molecule has 2 rings (SSSR count). The Bertz CT molecular complexity index is 636. The first-order valence-electron chi connectivity index (χ1n) is 6.33. The fourth-order valence-electron chi connectivity index (χ4n) is 1.56. The maximum Gasteiger partial charge on any atom is 0.180 e. The van der Waals surface area contributed by atoms with E-state index in [1.807, 2.05) is 6.08 Å². The summed E-state index contributed by atoms with van der Waals surface area (Å²) < 4.78 is 24.2. The number of nitrogens with two attached hydrogens (primary N) is 1. The van der Waals surface area contributed by atoms with Crippen LogP contribution in [0.3, 0.4) is 0 Å². The van der Waals surface area contributed by atoms with Crippen molar-refractivity contribution in [1.82, 2.24) is 10.3 Å². The Balaban J connectivity index is 2.13. The van der Waals surface area contributed by atoms with Crippen molar-refractivity contribution >= 4 is 5.69 Å². The molecule has 0 bridgehead atoms. The monoisotopic (exact) mass is 289 g/mol. The fraction of sp³-hybridized carbons (Fsp3) is 0.133. The molecule has 0 atom stereocenters. The maximum atomic E-state index is 13.4. The number of allylic oxidation sites excluding steroid dienone is 2. The lowest BCUT2D eigenvalue weighted by molar-refractivity contribution is 0.435. The highest BCUT2D eigenvalue weighted by molar-refractivity contribution is 5.44. The lowest BCUT2D eigenvalue weighted by atomic mass is 10.2. The molecule has 0 fully saturated rings. The van der Waals surface area contributed by atoms with E-state index in [-0.39, 0.29) is 5.69 Å². The third-order valence-electron chi connectivity index (χ3n) is 2.61. The van der Waals surface area contributed by atoms with Gasteiger partial charge in [-0.25, -0.2) is 9.37 Å². The normalized spacial score (nSPS) is 11.8. The zero-order valence-corrected chi connectivity index (χ0v) is 11.5. The summed E-state index contributed by atoms with van der Waals surface area (Å²) in [5.41, 5.74) is 5.52. The van der Waals surface area contributed by atoms with Gasteiger partial charge in [0, 0.05) is 19.5 Å². The molecule has 6 heteroatoms. The van der Waals surface area contributed by atoms with Crippen molar-refractivity contribution in [3.05, 3.63) is 66.5 Å². The zero-order chi connectivity index (χ0) is 15.1. The quantitative estimate of drug-likeness (QED) is 0.486. The van der Waals surface area contributed by atoms with Crippen molar-refractivity contribution < 1.29 is 13.5 Å². The Morgan fingerprint density at radius 3 is 3.05 bits per heavy atom. The van der Waals surface area contributed by atoms with Gasteiger partial charge in [-0.05, 0) is 30.5 Å². The second kappa shape index (κ2) is 7.14. The number of hydrogen-bond donors (Lipinski definition) is 2. The van der Waals surface area contributed by atoms with Gasteiger partial charge < -0.3 is 20.2 Å². The molecule has 1 aromatic carbocycles. The van der Waals surface area contributed by atoms with E-state index in [9.17, 15) is 4.39 Å². The van der Waals surface area contributed by atoms with Gasteiger partial charge >= 0.3 is 0 Å². The summed E-state index contributed by atoms with van der Waals surface area (Å²) in [6.07, 6.45) is 8.75. The number of rotatable bonds is 6. The van der Waals surface area contributed by atoms with Gasteiger partial charge in [0.25, 0.3) is 0 Å². The van der Waals surface area contributed by atoms with Gasteiger partial charge in [0.1, 0.15) is 23.1 Å². The standard InChI is InChI=1S/C15H16FN3O2/c1-18-7-6-11(2-3-13-9-19-10-20-13)21-12-4-5-15(17)14(16)8-12/h2,4-10,18H,3,17H2,1H3/b7-6-,11-2+. The molecule has 0 saturated carbocycles. The van der Waals surface area contributed by atoms with E-state index in [4.69, 9.17) is 14.9 Å². The van der Waals surface area contributed by atoms with Crippen molar-refractivity contribution in [3.63, 3.8) is 0 Å². The van der Waals surface area contributed by atoms with Crippen molar-refractivity contribution in [2.75, 3.05) is 12.8 Å². The summed E-state index contributed by atoms with van der Waals surface area (Å²) in [4.78, 5) is 3.84. The van der Waals surface area contributed by atoms with Crippen LogP contribution in [0.2, 0.25) is 0 Å². The zero-order valence-electron chi connectivity index (χ0n) is 11.5. The molecule has 0 unspecified atom stereocenters. The number of anilines is 1. The molecule has 1 heterocycles. The van der Waals surface area contributed by atoms with Crippen molar-refractivity contribution in [2.24, 2.45) is 0 Å². The van der Waals surface area contributed by atoms with E-state index in [0.29, 0.717) is 23.7 Å². The molecule has 0 aliphatic carbocycles. The van der Waals surface area contributed by atoms with Gasteiger partial charge in [0.05, 0.1) is 11.9 Å². The van der Waals surface area contributed by atoms with Gasteiger partial charge in [-0.1, -0.05) is 0 Å². The third kappa shape index (κ3) is 4.38. The average molecular weight is 289 g/mol. The van der Waals surface area contributed by atoms with Crippen LogP contribution in [0, 0.1) is 5.82 Å². The summed E-state index contributed by atoms with van der Waals surface area (Å²) in [5, 5.41) is 2.87. The number of aromatic nitrogens is 1. The molecular formula is C15H16FN3O2. The molecule has 21 heavy (non-hydrogen) atoms. The van der Waals surface area contributed by atoms with E-state index in [2.05, 4.69) is 10.3 Å². The molecule has 0 spiro atoms. The first-order valence-corrected chi connectivity index (χ1v) is 6.33. The Labute approximate surface area is 121 Å². The van der Waals surface area contributed by atoms with E-state index in [1.165, 1.54) is 18.5 Å². The van der Waals surface area contributed by atoms with Crippen molar-refractivity contribution in [2.45, 2.75) is 6.42 Å². The van der Waals surface area contributed by atoms with Crippen LogP contribution in [0.5, 0.6) is 5.75 Å². The van der Waals surface area contributed by atoms with Gasteiger partial charge in [-0.3, -0.25) is 0 Å². The van der Waals surface area contributed by atoms with Crippen molar-refractivity contribution in [3.8, 4) is 5.75 Å². The second-order valence-electron chi connectivity index (χ2n) is 4.19. The molecule has 110 valence electrons. The highest BCUT2D eigenvalue weighted by Gasteiger charge is 2.03. The predicted octanol–water partition coefficient (Wildman–Crippen LogP) is 2.63. The van der Waals surface area contributed by atoms with Crippen LogP contribution in [0.1, 0.15) is 5.76 Å². The van der Waals surface area contributed by atoms with Crippen LogP contribution in [0.15, 0.2) is 59.3 Å². The molecule has 0 aliphatic heterocycles. The molecule has 2 aromatic rings. The Kier molecular flexibility index (Phi) is 4.98. The number of nitrogen functional groups attached to an aromatic ring is 1. The second-order valence-corrected chi connectivity index (χ2v) is 4.19. The van der Waals surface area contributed by atoms with Gasteiger partial charge in [0.2, 0.25) is 0 Å². The minimum atomic E-state index is -0.514. The van der Waals surface area contributed by atoms with Crippen LogP contribution in [0.4, 0.5) is 10.1 Å². The number of nitrogens with one attached hydrogen (secondary N) is 1. The summed E-state index contributed by atoms with van der Waals surface area (Å²) in [6, 6.07) is 4.30. The third-order valence-corrected chi connectivity index (χ3v) is 2.61. The van der Waals surface area contributed by atoms with E-state index in [0.717, 1.165) is 0 Å². The number of oxazole rings is 1. The first-order chi connectivity index (χ1) is 10.2. The molecule has 1 aromatic heterocycles. The Morgan fingerprint density at radius 1 is 1.52 bits per heavy atom. The smallest absolute Gasteiger partial charge is 0.180 e. The number of ether oxygens (including phenoxy) is 1. The number of nitrogens with zero attached hydrogens (tertiary/aromatic N) is 1. The molecule has 0 radical (unpaired) electrons. The Morgan fingerprint density at radius 2 is 2.38 bits per heavy atom. The number of hydrogen-bond acceptors (Lipinski definition) is 5. The van der Waals surface area contributed by atoms with Crippen LogP contribution < -0.4 is 15.8 Å². The maximum absolute atomic E-state index is 13.4. The van der Waals surface area contributed by atoms with E-state index < -0.39 is 5.82 Å². The van der Waals surface area contributed by atoms with Crippen LogP contribution in [0.25, 0.3) is 0 Å². The summed E-state index contributed by atoms with van der Waals surface area (Å²) in [6.45, 7) is 0. The van der Waals surface area contributed by atoms with Gasteiger partial charge in [-0.2, -0.15) is 0 Å². The molecule has 5 nitrogen and oxygen atoms in total. The highest BCUT2D eigenvalue weighted by Crippen LogP contribution is 2.20. The summed E-state index contributed by atoms with van der Waals surface area (Å²) in [7, 11) is 1.77. The average Bonchev–Trinajstić information content (AvgIpc) is 2.99. The predicted molar refractivity (Wildman–Crippen MR) is 77.9 cm³/mol. The minimum absolute atomic E-state index is 0.0836. The van der Waals surface area contributed by atoms with Gasteiger partial charge in [-0.15, -0.1) is 0 Å². The topological polar surface area (TPSA) is 73.3 Å². The lowest BCUT2D eigenvalue weighted by Gasteiger charge is -2.07. The minimum Gasteiger partial charge on any atom is -0.458 e. The SMILES string of the molecule is CN/C=C\C(=C/Cc1cnco1)Oc1ccc(N)c(F)c1. The molecule has 0 aliphatic rings. The van der Waals surface area contributed by atoms with Crippen LogP contribution >= 0.6 is 0 Å². The first kappa shape index (κ1) is 14.6. The summed E-state index contributed by atoms with van der Waals surface area (Å²) >= 11 is 0. The van der Waals surface area contributed by atoms with Crippen LogP contribution in [-0.4, -0.2) is 12.0 Å². The fourth-order valence-corrected chi connectivity index (χ4v) is 1.56. The largest absolute Gasteiger partial charge is 0.458 e. The van der Waals surface area contributed by atoms with E-state index >= 15 is 0 Å². The van der Waals surface area contributed by atoms with Crippen LogP contribution in [-0.2, 0) is 6.42 Å². The summed E-state index contributed by atoms with van der Waals surface area (Å²) in [5.74, 6) is 1.10. The van der Waals surface area contributed by atoms with Crippen molar-refractivity contribution in [1.29, 1.82) is 0 Å². The van der Waals surface area contributed by atoms with E-state index in [1.54, 1.807) is 31.6 Å². The molecule has 0 saturated heterocycles. The highest BCUT2D eigenvalue weighted by atomic mass is 19.1. The van der Waals surface area contributed by atoms with Gasteiger partial charge in [0.15, 0.2) is 6.39 Å². The lowest BCUT2D eigenvalue weighted by Crippen LogP contribution is -1.99.